The Kier molecular flexibility index (Phi) is 4.51. The summed E-state index contributed by atoms with van der Waals surface area (Å²) in [7, 11) is 2.01. The molecule has 1 saturated heterocycles. The van der Waals surface area contributed by atoms with Crippen LogP contribution in [0.5, 0.6) is 0 Å². The lowest BCUT2D eigenvalue weighted by Crippen LogP contribution is -2.42. The number of urea groups is 1. The zero-order chi connectivity index (χ0) is 14.5. The van der Waals surface area contributed by atoms with E-state index >= 15 is 0 Å². The maximum absolute atomic E-state index is 11.7. The van der Waals surface area contributed by atoms with E-state index in [-0.39, 0.29) is 25.2 Å². The minimum absolute atomic E-state index is 0.169. The molecule has 20 heavy (non-hydrogen) atoms. The highest BCUT2D eigenvalue weighted by Crippen LogP contribution is 2.05. The van der Waals surface area contributed by atoms with Crippen molar-refractivity contribution in [1.29, 1.82) is 0 Å². The van der Waals surface area contributed by atoms with Crippen LogP contribution in [0, 0.1) is 0 Å². The molecular weight excluding hydrogens is 264 g/mol. The Morgan fingerprint density at radius 1 is 1.55 bits per heavy atom. The van der Waals surface area contributed by atoms with E-state index in [1.54, 1.807) is 0 Å². The summed E-state index contributed by atoms with van der Waals surface area (Å²) >= 11 is 0. The van der Waals surface area contributed by atoms with Gasteiger partial charge in [0.2, 0.25) is 0 Å². The fraction of sp³-hybridized carbons (Fsp3) is 0.636. The van der Waals surface area contributed by atoms with E-state index in [0.717, 1.165) is 19.5 Å². The van der Waals surface area contributed by atoms with Gasteiger partial charge in [-0.15, -0.1) is 5.10 Å². The quantitative estimate of drug-likeness (QED) is 0.629. The molecule has 1 aromatic heterocycles. The highest BCUT2D eigenvalue weighted by atomic mass is 16.4. The maximum atomic E-state index is 11.7. The second-order valence-electron chi connectivity index (χ2n) is 4.88. The first-order valence-corrected chi connectivity index (χ1v) is 6.36. The summed E-state index contributed by atoms with van der Waals surface area (Å²) in [4.78, 5) is 24.3. The van der Waals surface area contributed by atoms with Gasteiger partial charge in [-0.1, -0.05) is 5.21 Å². The van der Waals surface area contributed by atoms with E-state index in [4.69, 9.17) is 5.11 Å². The van der Waals surface area contributed by atoms with Gasteiger partial charge in [-0.3, -0.25) is 4.79 Å². The molecule has 1 fully saturated rings. The van der Waals surface area contributed by atoms with Gasteiger partial charge in [0.15, 0.2) is 0 Å². The van der Waals surface area contributed by atoms with Crippen LogP contribution in [0.25, 0.3) is 0 Å². The number of carboxylic acids is 1. The second kappa shape index (κ2) is 6.33. The molecule has 1 aliphatic rings. The first kappa shape index (κ1) is 14.3. The van der Waals surface area contributed by atoms with Gasteiger partial charge in [-0.05, 0) is 20.0 Å². The second-order valence-corrected chi connectivity index (χ2v) is 4.88. The number of nitrogens with one attached hydrogen (secondary N) is 2. The van der Waals surface area contributed by atoms with Crippen molar-refractivity contribution in [3.05, 3.63) is 11.9 Å². The molecule has 2 amide bonds. The van der Waals surface area contributed by atoms with Gasteiger partial charge >= 0.3 is 12.0 Å². The smallest absolute Gasteiger partial charge is 0.325 e. The molecule has 0 saturated carbocycles. The number of likely N-dealkylation sites (N-methyl/N-ethyl adjacent to an activating group) is 1. The van der Waals surface area contributed by atoms with Crippen LogP contribution in [0.3, 0.4) is 0 Å². The van der Waals surface area contributed by atoms with Gasteiger partial charge in [-0.25, -0.2) is 9.48 Å². The van der Waals surface area contributed by atoms with Crippen molar-refractivity contribution in [3.8, 4) is 0 Å². The minimum atomic E-state index is -0.988. The van der Waals surface area contributed by atoms with Gasteiger partial charge in [0.05, 0.1) is 12.7 Å². The molecule has 1 aliphatic heterocycles. The Morgan fingerprint density at radius 2 is 2.35 bits per heavy atom. The van der Waals surface area contributed by atoms with Gasteiger partial charge in [0, 0.05) is 12.6 Å². The Bertz CT molecular complexity index is 488. The van der Waals surface area contributed by atoms with Crippen molar-refractivity contribution in [2.24, 2.45) is 0 Å². The molecule has 0 aromatic carbocycles. The number of carbonyl (C=O) groups excluding carboxylic acids is 1. The van der Waals surface area contributed by atoms with Gasteiger partial charge in [-0.2, -0.15) is 0 Å². The number of rotatable bonds is 5. The number of carboxylic acid groups (broad SMARTS) is 1. The molecule has 0 aliphatic carbocycles. The molecule has 0 radical (unpaired) electrons. The Balaban J connectivity index is 1.72. The number of hydrogen-bond donors (Lipinski definition) is 3. The summed E-state index contributed by atoms with van der Waals surface area (Å²) in [6.07, 6.45) is 2.44. The topological polar surface area (TPSA) is 112 Å². The summed E-state index contributed by atoms with van der Waals surface area (Å²) < 4.78 is 1.21. The third kappa shape index (κ3) is 4.19. The van der Waals surface area contributed by atoms with Crippen LogP contribution < -0.4 is 10.6 Å². The number of likely N-dealkylation sites (tertiary alicyclic amines) is 1. The summed E-state index contributed by atoms with van der Waals surface area (Å²) in [5, 5.41) is 21.6. The van der Waals surface area contributed by atoms with E-state index in [2.05, 4.69) is 25.8 Å². The van der Waals surface area contributed by atoms with Gasteiger partial charge in [0.25, 0.3) is 0 Å². The number of amides is 2. The van der Waals surface area contributed by atoms with Crippen LogP contribution in [0.2, 0.25) is 0 Å². The van der Waals surface area contributed by atoms with E-state index in [1.807, 2.05) is 7.05 Å². The molecular formula is C11H18N6O3. The van der Waals surface area contributed by atoms with Gasteiger partial charge < -0.3 is 20.6 Å². The molecule has 9 heteroatoms. The predicted molar refractivity (Wildman–Crippen MR) is 68.9 cm³/mol. The molecule has 1 aromatic rings. The van der Waals surface area contributed by atoms with Crippen molar-refractivity contribution in [3.63, 3.8) is 0 Å². The van der Waals surface area contributed by atoms with E-state index in [1.165, 1.54) is 10.9 Å². The first-order chi connectivity index (χ1) is 9.52. The van der Waals surface area contributed by atoms with Crippen LogP contribution >= 0.6 is 0 Å². The summed E-state index contributed by atoms with van der Waals surface area (Å²) in [5.41, 5.74) is 0.518. The van der Waals surface area contributed by atoms with Crippen molar-refractivity contribution < 1.29 is 14.7 Å². The molecule has 1 atom stereocenters. The molecule has 110 valence electrons. The van der Waals surface area contributed by atoms with Crippen molar-refractivity contribution in [2.45, 2.75) is 25.6 Å². The Labute approximate surface area is 115 Å². The lowest BCUT2D eigenvalue weighted by atomic mass is 10.3. The van der Waals surface area contributed by atoms with Gasteiger partial charge in [0.1, 0.15) is 12.2 Å². The largest absolute Gasteiger partial charge is 0.480 e. The lowest BCUT2D eigenvalue weighted by molar-refractivity contribution is -0.137. The average Bonchev–Trinajstić information content (AvgIpc) is 2.96. The zero-order valence-electron chi connectivity index (χ0n) is 11.2. The summed E-state index contributed by atoms with van der Waals surface area (Å²) in [6.45, 7) is 1.80. The highest BCUT2D eigenvalue weighted by Gasteiger charge is 2.20. The maximum Gasteiger partial charge on any atom is 0.325 e. The Morgan fingerprint density at radius 3 is 3.00 bits per heavy atom. The molecule has 9 nitrogen and oxygen atoms in total. The minimum Gasteiger partial charge on any atom is -0.480 e. The molecule has 1 unspecified atom stereocenters. The molecule has 2 heterocycles. The molecule has 0 spiro atoms. The molecule has 2 rings (SSSR count). The normalized spacial score (nSPS) is 18.9. The van der Waals surface area contributed by atoms with Crippen molar-refractivity contribution in [2.75, 3.05) is 20.1 Å². The summed E-state index contributed by atoms with van der Waals surface area (Å²) in [6, 6.07) is -0.0826. The van der Waals surface area contributed by atoms with E-state index < -0.39 is 5.97 Å². The van der Waals surface area contributed by atoms with Crippen LogP contribution in [0.1, 0.15) is 12.1 Å². The third-order valence-electron chi connectivity index (χ3n) is 3.04. The zero-order valence-corrected chi connectivity index (χ0v) is 11.2. The monoisotopic (exact) mass is 282 g/mol. The number of aromatic nitrogens is 3. The molecule has 0 bridgehead atoms. The Hall–Kier alpha value is -2.16. The number of carbonyl (C=O) groups is 2. The predicted octanol–water partition coefficient (Wildman–Crippen LogP) is -1.13. The number of nitrogens with zero attached hydrogens (tertiary/aromatic N) is 4. The third-order valence-corrected chi connectivity index (χ3v) is 3.04. The van der Waals surface area contributed by atoms with E-state index in [9.17, 15) is 9.59 Å². The van der Waals surface area contributed by atoms with E-state index in [0.29, 0.717) is 5.69 Å². The highest BCUT2D eigenvalue weighted by molar-refractivity contribution is 5.74. The standard InChI is InChI=1S/C11H18N6O3/c1-16-3-2-8(5-16)13-11(20)12-4-9-6-17(15-14-9)7-10(18)19/h6,8H,2-5,7H2,1H3,(H,18,19)(H2,12,13,20). The van der Waals surface area contributed by atoms with Crippen LogP contribution in [-0.4, -0.2) is 63.2 Å². The van der Waals surface area contributed by atoms with Crippen molar-refractivity contribution >= 4 is 12.0 Å². The fourth-order valence-corrected chi connectivity index (χ4v) is 2.10. The summed E-state index contributed by atoms with van der Waals surface area (Å²) in [5.74, 6) is -0.988. The molecule has 3 N–H and O–H groups in total. The first-order valence-electron chi connectivity index (χ1n) is 6.36. The fourth-order valence-electron chi connectivity index (χ4n) is 2.10. The average molecular weight is 282 g/mol. The number of aliphatic carboxylic acids is 1. The van der Waals surface area contributed by atoms with Crippen LogP contribution in [-0.2, 0) is 17.9 Å². The lowest BCUT2D eigenvalue weighted by Gasteiger charge is -2.13. The SMILES string of the molecule is CN1CCC(NC(=O)NCc2cn(CC(=O)O)nn2)C1. The number of hydrogen-bond acceptors (Lipinski definition) is 5. The van der Waals surface area contributed by atoms with Crippen LogP contribution in [0.15, 0.2) is 6.20 Å². The van der Waals surface area contributed by atoms with Crippen molar-refractivity contribution in [1.82, 2.24) is 30.5 Å². The van der Waals surface area contributed by atoms with Crippen LogP contribution in [0.4, 0.5) is 4.79 Å².